The lowest BCUT2D eigenvalue weighted by molar-refractivity contribution is 1.01. The van der Waals surface area contributed by atoms with E-state index in [1.54, 1.807) is 6.07 Å². The summed E-state index contributed by atoms with van der Waals surface area (Å²) in [4.78, 5) is 0. The first kappa shape index (κ1) is 12.9. The summed E-state index contributed by atoms with van der Waals surface area (Å²) in [5.41, 5.74) is 1.03. The van der Waals surface area contributed by atoms with Gasteiger partial charge in [0.05, 0.1) is 11.7 Å². The molecule has 0 spiro atoms. The van der Waals surface area contributed by atoms with Gasteiger partial charge in [-0.2, -0.15) is 8.75 Å². The predicted octanol–water partition coefficient (Wildman–Crippen LogP) is 4.15. The Bertz CT molecular complexity index is 515. The predicted molar refractivity (Wildman–Crippen MR) is 73.6 cm³/mol. The highest BCUT2D eigenvalue weighted by atomic mass is 35.5. The molecule has 3 nitrogen and oxygen atoms in total. The van der Waals surface area contributed by atoms with Gasteiger partial charge >= 0.3 is 0 Å². The lowest BCUT2D eigenvalue weighted by atomic mass is 10.1. The number of rotatable bonds is 4. The summed E-state index contributed by atoms with van der Waals surface area (Å²) in [5, 5.41) is 4.80. The molecule has 0 radical (unpaired) electrons. The maximum absolute atomic E-state index is 6.06. The maximum Gasteiger partial charge on any atom is 0.186 e. The van der Waals surface area contributed by atoms with Crippen LogP contribution >= 0.6 is 46.5 Å². The average molecular weight is 309 g/mol. The molecule has 0 saturated carbocycles. The Balaban J connectivity index is 1.92. The Kier molecular flexibility index (Phi) is 4.45. The number of halogens is 3. The maximum atomic E-state index is 6.06. The third-order valence-electron chi connectivity index (χ3n) is 2.15. The summed E-state index contributed by atoms with van der Waals surface area (Å²) in [6.45, 7) is 0.687. The van der Waals surface area contributed by atoms with Gasteiger partial charge in [-0.1, -0.05) is 40.9 Å². The molecule has 0 aliphatic heterocycles. The van der Waals surface area contributed by atoms with Gasteiger partial charge in [-0.15, -0.1) is 0 Å². The van der Waals surface area contributed by atoms with E-state index in [0.29, 0.717) is 27.6 Å². The molecule has 1 heterocycles. The number of benzene rings is 1. The Morgan fingerprint density at radius 1 is 1.18 bits per heavy atom. The Hall–Kier alpha value is -0.550. The summed E-state index contributed by atoms with van der Waals surface area (Å²) < 4.78 is 7.88. The van der Waals surface area contributed by atoms with Gasteiger partial charge in [0, 0.05) is 16.6 Å². The molecule has 0 saturated heterocycles. The molecule has 0 atom stereocenters. The lowest BCUT2D eigenvalue weighted by Crippen LogP contribution is -2.05. The highest BCUT2D eigenvalue weighted by Gasteiger charge is 2.05. The van der Waals surface area contributed by atoms with E-state index in [0.717, 1.165) is 23.7 Å². The molecule has 0 unspecified atom stereocenters. The van der Waals surface area contributed by atoms with Crippen LogP contribution in [0.3, 0.4) is 0 Å². The van der Waals surface area contributed by atoms with Gasteiger partial charge in [0.1, 0.15) is 0 Å². The van der Waals surface area contributed by atoms with Crippen LogP contribution in [0.2, 0.25) is 15.2 Å². The van der Waals surface area contributed by atoms with Crippen LogP contribution in [0.25, 0.3) is 0 Å². The van der Waals surface area contributed by atoms with E-state index >= 15 is 0 Å². The highest BCUT2D eigenvalue weighted by molar-refractivity contribution is 6.99. The number of nitrogens with one attached hydrogen (secondary N) is 1. The molecular formula is C10H8Cl3N3S. The van der Waals surface area contributed by atoms with Crippen LogP contribution in [0.4, 0.5) is 5.82 Å². The monoisotopic (exact) mass is 307 g/mol. The lowest BCUT2D eigenvalue weighted by Gasteiger charge is -2.05. The molecule has 1 aromatic carbocycles. The van der Waals surface area contributed by atoms with E-state index in [2.05, 4.69) is 14.1 Å². The van der Waals surface area contributed by atoms with Crippen molar-refractivity contribution >= 4 is 52.3 Å². The first-order valence-electron chi connectivity index (χ1n) is 4.82. The van der Waals surface area contributed by atoms with Crippen LogP contribution < -0.4 is 5.32 Å². The van der Waals surface area contributed by atoms with Crippen LogP contribution in [0, 0.1) is 0 Å². The van der Waals surface area contributed by atoms with Crippen LogP contribution in [-0.2, 0) is 6.42 Å². The SMILES string of the molecule is Clc1ccc(CCNc2nsnc2Cl)c(Cl)c1. The second-order valence-electron chi connectivity index (χ2n) is 3.32. The molecule has 7 heteroatoms. The molecule has 0 aliphatic carbocycles. The number of hydrogen-bond donors (Lipinski definition) is 1. The molecule has 90 valence electrons. The molecule has 0 bridgehead atoms. The van der Waals surface area contributed by atoms with E-state index in [1.165, 1.54) is 0 Å². The fraction of sp³-hybridized carbons (Fsp3) is 0.200. The van der Waals surface area contributed by atoms with Crippen molar-refractivity contribution in [2.24, 2.45) is 0 Å². The third-order valence-corrected chi connectivity index (χ3v) is 3.63. The zero-order valence-electron chi connectivity index (χ0n) is 8.58. The van der Waals surface area contributed by atoms with Gasteiger partial charge in [-0.25, -0.2) is 0 Å². The summed E-state index contributed by atoms with van der Waals surface area (Å²) in [6.07, 6.45) is 0.768. The first-order chi connectivity index (χ1) is 8.16. The molecule has 1 aromatic heterocycles. The molecular weight excluding hydrogens is 301 g/mol. The molecule has 0 fully saturated rings. The second kappa shape index (κ2) is 5.87. The van der Waals surface area contributed by atoms with Gasteiger partial charge in [0.15, 0.2) is 11.0 Å². The number of aromatic nitrogens is 2. The molecule has 0 aliphatic rings. The van der Waals surface area contributed by atoms with Gasteiger partial charge in [0.2, 0.25) is 0 Å². The quantitative estimate of drug-likeness (QED) is 0.922. The van der Waals surface area contributed by atoms with E-state index in [-0.39, 0.29) is 0 Å². The van der Waals surface area contributed by atoms with Crippen molar-refractivity contribution in [1.82, 2.24) is 8.75 Å². The number of nitrogens with zero attached hydrogens (tertiary/aromatic N) is 2. The van der Waals surface area contributed by atoms with Crippen molar-refractivity contribution in [3.8, 4) is 0 Å². The smallest absolute Gasteiger partial charge is 0.186 e. The number of hydrogen-bond acceptors (Lipinski definition) is 4. The fourth-order valence-corrected chi connectivity index (χ4v) is 2.51. The Morgan fingerprint density at radius 3 is 2.65 bits per heavy atom. The van der Waals surface area contributed by atoms with Crippen molar-refractivity contribution < 1.29 is 0 Å². The van der Waals surface area contributed by atoms with E-state index in [1.807, 2.05) is 12.1 Å². The van der Waals surface area contributed by atoms with Gasteiger partial charge in [-0.05, 0) is 24.1 Å². The zero-order valence-corrected chi connectivity index (χ0v) is 11.7. The topological polar surface area (TPSA) is 37.8 Å². The summed E-state index contributed by atoms with van der Waals surface area (Å²) in [5.74, 6) is 0.613. The van der Waals surface area contributed by atoms with E-state index in [4.69, 9.17) is 34.8 Å². The summed E-state index contributed by atoms with van der Waals surface area (Å²) >= 11 is 18.8. The van der Waals surface area contributed by atoms with Gasteiger partial charge in [-0.3, -0.25) is 0 Å². The van der Waals surface area contributed by atoms with Crippen molar-refractivity contribution in [2.45, 2.75) is 6.42 Å². The molecule has 2 aromatic rings. The normalized spacial score (nSPS) is 10.5. The average Bonchev–Trinajstić information content (AvgIpc) is 2.68. The van der Waals surface area contributed by atoms with Crippen LogP contribution in [0.5, 0.6) is 0 Å². The minimum atomic E-state index is 0.400. The standard InChI is InChI=1S/C10H8Cl3N3S/c11-7-2-1-6(8(12)5-7)3-4-14-10-9(13)15-17-16-10/h1-2,5H,3-4H2,(H,14,16). The molecule has 17 heavy (non-hydrogen) atoms. The zero-order chi connectivity index (χ0) is 12.3. The summed E-state index contributed by atoms with van der Waals surface area (Å²) in [7, 11) is 0. The number of anilines is 1. The van der Waals surface area contributed by atoms with Crippen LogP contribution in [0.1, 0.15) is 5.56 Å². The van der Waals surface area contributed by atoms with E-state index in [9.17, 15) is 0 Å². The van der Waals surface area contributed by atoms with Gasteiger partial charge < -0.3 is 5.32 Å². The van der Waals surface area contributed by atoms with Crippen LogP contribution in [0.15, 0.2) is 18.2 Å². The van der Waals surface area contributed by atoms with Crippen molar-refractivity contribution in [2.75, 3.05) is 11.9 Å². The largest absolute Gasteiger partial charge is 0.366 e. The van der Waals surface area contributed by atoms with Gasteiger partial charge in [0.25, 0.3) is 0 Å². The fourth-order valence-electron chi connectivity index (χ4n) is 1.32. The van der Waals surface area contributed by atoms with Crippen molar-refractivity contribution in [3.63, 3.8) is 0 Å². The Morgan fingerprint density at radius 2 is 2.00 bits per heavy atom. The van der Waals surface area contributed by atoms with Crippen molar-refractivity contribution in [3.05, 3.63) is 39.0 Å². The molecule has 0 amide bonds. The highest BCUT2D eigenvalue weighted by Crippen LogP contribution is 2.22. The molecule has 2 rings (SSSR count). The minimum absolute atomic E-state index is 0.400. The van der Waals surface area contributed by atoms with Crippen molar-refractivity contribution in [1.29, 1.82) is 0 Å². The third kappa shape index (κ3) is 3.45. The first-order valence-corrected chi connectivity index (χ1v) is 6.69. The van der Waals surface area contributed by atoms with Crippen LogP contribution in [-0.4, -0.2) is 15.3 Å². The van der Waals surface area contributed by atoms with E-state index < -0.39 is 0 Å². The molecule has 1 N–H and O–H groups in total. The summed E-state index contributed by atoms with van der Waals surface area (Å²) in [6, 6.07) is 5.46. The second-order valence-corrected chi connectivity index (χ2v) is 5.05. The Labute approximate surface area is 118 Å². The minimum Gasteiger partial charge on any atom is -0.366 e.